The lowest BCUT2D eigenvalue weighted by Crippen LogP contribution is -2.22. The zero-order chi connectivity index (χ0) is 12.4. The first-order valence-corrected chi connectivity index (χ1v) is 5.20. The van der Waals surface area contributed by atoms with E-state index in [1.807, 2.05) is 0 Å². The smallest absolute Gasteiger partial charge is 0.134 e. The number of aliphatic hydroxyl groups excluding tert-OH is 1. The van der Waals surface area contributed by atoms with Crippen LogP contribution < -0.4 is 5.11 Å². The minimum atomic E-state index is -1.34. The number of benzene rings is 1. The van der Waals surface area contributed by atoms with Crippen molar-refractivity contribution in [3.8, 4) is 11.3 Å². The molecule has 0 bridgehead atoms. The molecular formula is C12H8ClO4-. The third-order valence-electron chi connectivity index (χ3n) is 2.29. The van der Waals surface area contributed by atoms with Crippen molar-refractivity contribution in [3.63, 3.8) is 0 Å². The summed E-state index contributed by atoms with van der Waals surface area (Å²) in [5, 5.41) is 19.8. The zero-order valence-electron chi connectivity index (χ0n) is 8.64. The summed E-state index contributed by atoms with van der Waals surface area (Å²) in [5.41, 5.74) is 0.472. The van der Waals surface area contributed by atoms with Crippen LogP contribution in [-0.4, -0.2) is 11.1 Å². The van der Waals surface area contributed by atoms with Gasteiger partial charge in [0.2, 0.25) is 0 Å². The van der Waals surface area contributed by atoms with Crippen LogP contribution in [0.25, 0.3) is 11.3 Å². The van der Waals surface area contributed by atoms with Gasteiger partial charge in [0.1, 0.15) is 18.1 Å². The molecule has 0 aliphatic carbocycles. The molecule has 1 aromatic heterocycles. The Morgan fingerprint density at radius 3 is 2.71 bits per heavy atom. The van der Waals surface area contributed by atoms with Gasteiger partial charge in [-0.15, -0.1) is 0 Å². The number of aromatic carboxylic acids is 1. The minimum absolute atomic E-state index is 0.0916. The van der Waals surface area contributed by atoms with Gasteiger partial charge in [0.05, 0.1) is 5.97 Å². The molecule has 2 rings (SSSR count). The highest BCUT2D eigenvalue weighted by atomic mass is 35.5. The van der Waals surface area contributed by atoms with Crippen LogP contribution in [0.2, 0.25) is 5.02 Å². The average Bonchev–Trinajstić information content (AvgIpc) is 2.78. The number of hydrogen-bond donors (Lipinski definition) is 1. The van der Waals surface area contributed by atoms with E-state index in [4.69, 9.17) is 21.1 Å². The van der Waals surface area contributed by atoms with E-state index in [0.29, 0.717) is 17.1 Å². The lowest BCUT2D eigenvalue weighted by molar-refractivity contribution is -0.255. The fourth-order valence-electron chi connectivity index (χ4n) is 1.45. The van der Waals surface area contributed by atoms with Crippen molar-refractivity contribution in [1.29, 1.82) is 0 Å². The molecule has 0 amide bonds. The summed E-state index contributed by atoms with van der Waals surface area (Å²) in [4.78, 5) is 10.8. The largest absolute Gasteiger partial charge is 0.545 e. The standard InChI is InChI=1S/C12H9ClO4/c13-10-3-1-7(5-9(10)12(15)16)11-4-2-8(6-14)17-11/h1-5,14H,6H2,(H,15,16)/p-1. The summed E-state index contributed by atoms with van der Waals surface area (Å²) >= 11 is 5.72. The second kappa shape index (κ2) is 4.61. The number of halogens is 1. The highest BCUT2D eigenvalue weighted by Gasteiger charge is 2.08. The molecular weight excluding hydrogens is 244 g/mol. The maximum atomic E-state index is 10.8. The number of carboxylic acid groups (broad SMARTS) is 1. The van der Waals surface area contributed by atoms with Gasteiger partial charge in [-0.2, -0.15) is 0 Å². The Labute approximate surface area is 102 Å². The number of carbonyl (C=O) groups excluding carboxylic acids is 1. The molecule has 1 heterocycles. The van der Waals surface area contributed by atoms with Crippen molar-refractivity contribution >= 4 is 17.6 Å². The first-order chi connectivity index (χ1) is 8.11. The van der Waals surface area contributed by atoms with Crippen LogP contribution in [0, 0.1) is 0 Å². The Morgan fingerprint density at radius 1 is 1.35 bits per heavy atom. The molecule has 4 nitrogen and oxygen atoms in total. The second-order valence-electron chi connectivity index (χ2n) is 3.41. The fourth-order valence-corrected chi connectivity index (χ4v) is 1.65. The number of aliphatic hydroxyl groups is 1. The summed E-state index contributed by atoms with van der Waals surface area (Å²) in [5.74, 6) is -0.469. The van der Waals surface area contributed by atoms with Crippen LogP contribution in [0.3, 0.4) is 0 Å². The molecule has 88 valence electrons. The van der Waals surface area contributed by atoms with Crippen molar-refractivity contribution in [2.45, 2.75) is 6.61 Å². The summed E-state index contributed by atoms with van der Waals surface area (Å²) in [6, 6.07) is 7.73. The molecule has 0 radical (unpaired) electrons. The summed E-state index contributed by atoms with van der Waals surface area (Å²) in [6.45, 7) is -0.207. The van der Waals surface area contributed by atoms with E-state index in [1.165, 1.54) is 12.1 Å². The van der Waals surface area contributed by atoms with Crippen molar-refractivity contribution in [2.75, 3.05) is 0 Å². The predicted octanol–water partition coefficient (Wildman–Crippen LogP) is 1.46. The van der Waals surface area contributed by atoms with Crippen LogP contribution in [-0.2, 0) is 6.61 Å². The Kier molecular flexibility index (Phi) is 3.17. The number of furan rings is 1. The van der Waals surface area contributed by atoms with Crippen LogP contribution in [0.1, 0.15) is 16.1 Å². The van der Waals surface area contributed by atoms with Crippen LogP contribution in [0.5, 0.6) is 0 Å². The second-order valence-corrected chi connectivity index (χ2v) is 3.81. The topological polar surface area (TPSA) is 73.5 Å². The quantitative estimate of drug-likeness (QED) is 0.896. The summed E-state index contributed by atoms with van der Waals surface area (Å²) in [6.07, 6.45) is 0. The van der Waals surface area contributed by atoms with E-state index in [-0.39, 0.29) is 17.2 Å². The molecule has 0 aliphatic heterocycles. The number of carboxylic acids is 1. The van der Waals surface area contributed by atoms with Crippen molar-refractivity contribution in [2.24, 2.45) is 0 Å². The van der Waals surface area contributed by atoms with E-state index in [1.54, 1.807) is 18.2 Å². The van der Waals surface area contributed by atoms with Gasteiger partial charge >= 0.3 is 0 Å². The molecule has 2 aromatic rings. The van der Waals surface area contributed by atoms with E-state index in [0.717, 1.165) is 0 Å². The third kappa shape index (κ3) is 2.33. The molecule has 0 saturated heterocycles. The lowest BCUT2D eigenvalue weighted by Gasteiger charge is -2.06. The van der Waals surface area contributed by atoms with Crippen LogP contribution >= 0.6 is 11.6 Å². The SMILES string of the molecule is O=C([O-])c1cc(-c2ccc(CO)o2)ccc1Cl. The van der Waals surface area contributed by atoms with Gasteiger partial charge in [-0.25, -0.2) is 0 Å². The molecule has 17 heavy (non-hydrogen) atoms. The Hall–Kier alpha value is -1.78. The van der Waals surface area contributed by atoms with Gasteiger partial charge in [0.15, 0.2) is 0 Å². The Balaban J connectivity index is 2.46. The molecule has 0 unspecified atom stereocenters. The van der Waals surface area contributed by atoms with E-state index < -0.39 is 5.97 Å². The first kappa shape index (κ1) is 11.7. The molecule has 0 aliphatic rings. The molecule has 0 fully saturated rings. The highest BCUT2D eigenvalue weighted by Crippen LogP contribution is 2.26. The van der Waals surface area contributed by atoms with Gasteiger partial charge in [0, 0.05) is 16.1 Å². The third-order valence-corrected chi connectivity index (χ3v) is 2.62. The van der Waals surface area contributed by atoms with Gasteiger partial charge in [-0.1, -0.05) is 11.6 Å². The maximum absolute atomic E-state index is 10.8. The lowest BCUT2D eigenvalue weighted by atomic mass is 10.1. The van der Waals surface area contributed by atoms with Crippen LogP contribution in [0.4, 0.5) is 0 Å². The van der Waals surface area contributed by atoms with Crippen molar-refractivity contribution in [1.82, 2.24) is 0 Å². The number of rotatable bonds is 3. The molecule has 0 atom stereocenters. The fraction of sp³-hybridized carbons (Fsp3) is 0.0833. The van der Waals surface area contributed by atoms with E-state index in [2.05, 4.69) is 0 Å². The first-order valence-electron chi connectivity index (χ1n) is 4.82. The molecule has 0 spiro atoms. The molecule has 5 heteroatoms. The normalized spacial score (nSPS) is 10.5. The number of carbonyl (C=O) groups is 1. The zero-order valence-corrected chi connectivity index (χ0v) is 9.40. The average molecular weight is 252 g/mol. The number of hydrogen-bond acceptors (Lipinski definition) is 4. The van der Waals surface area contributed by atoms with Gasteiger partial charge in [-0.05, 0) is 30.3 Å². The minimum Gasteiger partial charge on any atom is -0.545 e. The summed E-state index contributed by atoms with van der Waals surface area (Å²) < 4.78 is 5.29. The van der Waals surface area contributed by atoms with Gasteiger partial charge in [-0.3, -0.25) is 0 Å². The van der Waals surface area contributed by atoms with Gasteiger partial charge in [0.25, 0.3) is 0 Å². The maximum Gasteiger partial charge on any atom is 0.134 e. The van der Waals surface area contributed by atoms with Crippen LogP contribution in [0.15, 0.2) is 34.7 Å². The highest BCUT2D eigenvalue weighted by molar-refractivity contribution is 6.33. The molecule has 1 aromatic carbocycles. The van der Waals surface area contributed by atoms with E-state index >= 15 is 0 Å². The Bertz CT molecular complexity index is 559. The van der Waals surface area contributed by atoms with Crippen molar-refractivity contribution < 1.29 is 19.4 Å². The summed E-state index contributed by atoms with van der Waals surface area (Å²) in [7, 11) is 0. The molecule has 0 saturated carbocycles. The monoisotopic (exact) mass is 251 g/mol. The van der Waals surface area contributed by atoms with E-state index in [9.17, 15) is 9.90 Å². The van der Waals surface area contributed by atoms with Gasteiger partial charge < -0.3 is 19.4 Å². The molecule has 1 N–H and O–H groups in total. The Morgan fingerprint density at radius 2 is 2.12 bits per heavy atom. The van der Waals surface area contributed by atoms with Crippen molar-refractivity contribution in [3.05, 3.63) is 46.7 Å². The predicted molar refractivity (Wildman–Crippen MR) is 59.4 cm³/mol.